The largest absolute Gasteiger partial charge is 0.456 e. The molecule has 11 rings (SSSR count). The Morgan fingerprint density at radius 3 is 1.43 bits per heavy atom. The predicted molar refractivity (Wildman–Crippen MR) is 229 cm³/mol. The number of benzene rings is 8. The monoisotopic (exact) mass is 716 g/mol. The number of furan rings is 1. The van der Waals surface area contributed by atoms with Gasteiger partial charge in [0.2, 0.25) is 0 Å². The Balaban J connectivity index is 1.14. The molecule has 0 saturated carbocycles. The standard InChI is InChI=1S/C51H32N4O/c1-3-15-33(16-4-1)34-29-31-36(32-30-34)50-52-49(35-17-5-2-6-18-35)53-51(54-50)41-23-14-28-46-48(41)47-40(22-13-27-45(47)56-46)39-21-9-12-26-44(39)55-42-24-10-7-19-37(42)38-20-8-11-25-43(38)55/h1-32H. The third-order valence-electron chi connectivity index (χ3n) is 10.7. The molecule has 0 aliphatic heterocycles. The van der Waals surface area contributed by atoms with E-state index in [2.05, 4.69) is 144 Å². The van der Waals surface area contributed by atoms with E-state index in [0.29, 0.717) is 17.5 Å². The zero-order valence-corrected chi connectivity index (χ0v) is 30.2. The molecule has 0 atom stereocenters. The Labute approximate surface area is 322 Å². The molecule has 0 saturated heterocycles. The van der Waals surface area contributed by atoms with Gasteiger partial charge in [-0.3, -0.25) is 0 Å². The van der Waals surface area contributed by atoms with Crippen LogP contribution in [0.2, 0.25) is 0 Å². The van der Waals surface area contributed by atoms with Crippen molar-refractivity contribution in [3.63, 3.8) is 0 Å². The van der Waals surface area contributed by atoms with E-state index in [1.165, 1.54) is 10.8 Å². The average molecular weight is 717 g/mol. The van der Waals surface area contributed by atoms with E-state index in [0.717, 1.165) is 77.6 Å². The topological polar surface area (TPSA) is 56.7 Å². The first-order chi connectivity index (χ1) is 27.8. The van der Waals surface area contributed by atoms with Gasteiger partial charge in [-0.15, -0.1) is 0 Å². The van der Waals surface area contributed by atoms with Gasteiger partial charge < -0.3 is 8.98 Å². The lowest BCUT2D eigenvalue weighted by Crippen LogP contribution is -2.00. The van der Waals surface area contributed by atoms with E-state index in [-0.39, 0.29) is 0 Å². The molecular formula is C51H32N4O. The number of hydrogen-bond acceptors (Lipinski definition) is 4. The predicted octanol–water partition coefficient (Wildman–Crippen LogP) is 13.2. The van der Waals surface area contributed by atoms with Crippen molar-refractivity contribution in [2.45, 2.75) is 0 Å². The number of fused-ring (bicyclic) bond motifs is 6. The lowest BCUT2D eigenvalue weighted by atomic mass is 9.95. The van der Waals surface area contributed by atoms with E-state index < -0.39 is 0 Å². The molecule has 0 unspecified atom stereocenters. The molecule has 56 heavy (non-hydrogen) atoms. The van der Waals surface area contributed by atoms with Crippen LogP contribution in [0.15, 0.2) is 199 Å². The van der Waals surface area contributed by atoms with Gasteiger partial charge in [0.05, 0.1) is 16.7 Å². The highest BCUT2D eigenvalue weighted by Gasteiger charge is 2.22. The van der Waals surface area contributed by atoms with Crippen LogP contribution < -0.4 is 0 Å². The fourth-order valence-electron chi connectivity index (χ4n) is 8.14. The van der Waals surface area contributed by atoms with Crippen molar-refractivity contribution in [3.8, 4) is 62.1 Å². The highest BCUT2D eigenvalue weighted by molar-refractivity contribution is 6.18. The average Bonchev–Trinajstić information content (AvgIpc) is 3.83. The third kappa shape index (κ3) is 5.21. The molecule has 3 aromatic heterocycles. The summed E-state index contributed by atoms with van der Waals surface area (Å²) in [7, 11) is 0. The number of rotatable bonds is 6. The molecule has 8 aromatic carbocycles. The van der Waals surface area contributed by atoms with Crippen molar-refractivity contribution in [3.05, 3.63) is 194 Å². The smallest absolute Gasteiger partial charge is 0.164 e. The maximum atomic E-state index is 6.65. The molecule has 0 aliphatic rings. The first kappa shape index (κ1) is 31.9. The first-order valence-electron chi connectivity index (χ1n) is 18.8. The van der Waals surface area contributed by atoms with E-state index in [1.807, 2.05) is 54.6 Å². The van der Waals surface area contributed by atoms with Crippen LogP contribution in [0.3, 0.4) is 0 Å². The Morgan fingerprint density at radius 2 is 0.768 bits per heavy atom. The van der Waals surface area contributed by atoms with Crippen molar-refractivity contribution in [2.24, 2.45) is 0 Å². The maximum absolute atomic E-state index is 6.65. The van der Waals surface area contributed by atoms with Crippen LogP contribution in [0.25, 0.3) is 106 Å². The Kier molecular flexibility index (Phi) is 7.42. The second kappa shape index (κ2) is 13.0. The molecule has 0 bridgehead atoms. The van der Waals surface area contributed by atoms with Gasteiger partial charge >= 0.3 is 0 Å². The maximum Gasteiger partial charge on any atom is 0.164 e. The molecule has 0 amide bonds. The summed E-state index contributed by atoms with van der Waals surface area (Å²) in [6.07, 6.45) is 0. The molecule has 0 spiro atoms. The van der Waals surface area contributed by atoms with Gasteiger partial charge in [-0.25, -0.2) is 15.0 Å². The molecule has 0 fully saturated rings. The fraction of sp³-hybridized carbons (Fsp3) is 0. The normalized spacial score (nSPS) is 11.6. The first-order valence-corrected chi connectivity index (χ1v) is 18.8. The van der Waals surface area contributed by atoms with Gasteiger partial charge in [0.15, 0.2) is 17.5 Å². The van der Waals surface area contributed by atoms with Gasteiger partial charge in [-0.05, 0) is 47.0 Å². The van der Waals surface area contributed by atoms with E-state index in [1.54, 1.807) is 0 Å². The summed E-state index contributed by atoms with van der Waals surface area (Å²) in [4.78, 5) is 15.4. The molecule has 3 heterocycles. The highest BCUT2D eigenvalue weighted by Crippen LogP contribution is 2.44. The second-order valence-electron chi connectivity index (χ2n) is 14.0. The number of para-hydroxylation sites is 3. The molecule has 5 heteroatoms. The summed E-state index contributed by atoms with van der Waals surface area (Å²) in [6.45, 7) is 0. The zero-order valence-electron chi connectivity index (χ0n) is 30.2. The molecule has 0 radical (unpaired) electrons. The molecule has 262 valence electrons. The molecule has 0 N–H and O–H groups in total. The highest BCUT2D eigenvalue weighted by atomic mass is 16.3. The van der Waals surface area contributed by atoms with Crippen molar-refractivity contribution >= 4 is 43.7 Å². The third-order valence-corrected chi connectivity index (χ3v) is 10.7. The SMILES string of the molecule is c1ccc(-c2ccc(-c3nc(-c4ccccc4)nc(-c4cccc5oc6cccc(-c7ccccc7-n7c8ccccc8c8ccccc87)c6c45)n3)cc2)cc1. The van der Waals surface area contributed by atoms with Crippen molar-refractivity contribution in [2.75, 3.05) is 0 Å². The van der Waals surface area contributed by atoms with Gasteiger partial charge in [0.1, 0.15) is 11.2 Å². The van der Waals surface area contributed by atoms with Crippen molar-refractivity contribution < 1.29 is 4.42 Å². The van der Waals surface area contributed by atoms with Crippen LogP contribution in [0.4, 0.5) is 0 Å². The second-order valence-corrected chi connectivity index (χ2v) is 14.0. The van der Waals surface area contributed by atoms with Gasteiger partial charge in [-0.2, -0.15) is 0 Å². The van der Waals surface area contributed by atoms with Crippen LogP contribution in [0.5, 0.6) is 0 Å². The van der Waals surface area contributed by atoms with Crippen LogP contribution in [0.1, 0.15) is 0 Å². The van der Waals surface area contributed by atoms with Crippen molar-refractivity contribution in [1.82, 2.24) is 19.5 Å². The fourth-order valence-corrected chi connectivity index (χ4v) is 8.14. The Bertz CT molecular complexity index is 3180. The van der Waals surface area contributed by atoms with Crippen LogP contribution in [-0.2, 0) is 0 Å². The van der Waals surface area contributed by atoms with Crippen molar-refractivity contribution in [1.29, 1.82) is 0 Å². The number of hydrogen-bond donors (Lipinski definition) is 0. The summed E-state index contributed by atoms with van der Waals surface area (Å²) in [5.41, 5.74) is 12.2. The van der Waals surface area contributed by atoms with E-state index in [9.17, 15) is 0 Å². The molecule has 5 nitrogen and oxygen atoms in total. The van der Waals surface area contributed by atoms with E-state index >= 15 is 0 Å². The summed E-state index contributed by atoms with van der Waals surface area (Å²) >= 11 is 0. The Morgan fingerprint density at radius 1 is 0.321 bits per heavy atom. The minimum Gasteiger partial charge on any atom is -0.456 e. The van der Waals surface area contributed by atoms with E-state index in [4.69, 9.17) is 19.4 Å². The van der Waals surface area contributed by atoms with Gasteiger partial charge in [0, 0.05) is 43.8 Å². The minimum absolute atomic E-state index is 0.583. The lowest BCUT2D eigenvalue weighted by Gasteiger charge is -2.15. The van der Waals surface area contributed by atoms with Crippen LogP contribution >= 0.6 is 0 Å². The zero-order chi connectivity index (χ0) is 37.0. The molecular weight excluding hydrogens is 685 g/mol. The summed E-state index contributed by atoms with van der Waals surface area (Å²) in [6, 6.07) is 67.3. The molecule has 11 aromatic rings. The number of aromatic nitrogens is 4. The minimum atomic E-state index is 0.583. The summed E-state index contributed by atoms with van der Waals surface area (Å²) in [5, 5.41) is 4.43. The molecule has 0 aliphatic carbocycles. The summed E-state index contributed by atoms with van der Waals surface area (Å²) in [5.74, 6) is 1.80. The van der Waals surface area contributed by atoms with Gasteiger partial charge in [0.25, 0.3) is 0 Å². The Hall–Kier alpha value is -7.63. The quantitative estimate of drug-likeness (QED) is 0.172. The van der Waals surface area contributed by atoms with Crippen LogP contribution in [-0.4, -0.2) is 19.5 Å². The summed E-state index contributed by atoms with van der Waals surface area (Å²) < 4.78 is 9.04. The number of nitrogens with zero attached hydrogens (tertiary/aromatic N) is 4. The van der Waals surface area contributed by atoms with Crippen LogP contribution in [0, 0.1) is 0 Å². The lowest BCUT2D eigenvalue weighted by molar-refractivity contribution is 0.669. The van der Waals surface area contributed by atoms with Gasteiger partial charge in [-0.1, -0.05) is 164 Å².